The van der Waals surface area contributed by atoms with Gasteiger partial charge in [-0.1, -0.05) is 22.4 Å². The van der Waals surface area contributed by atoms with Crippen molar-refractivity contribution in [1.29, 1.82) is 0 Å². The fraction of sp³-hybridized carbons (Fsp3) is 0.500. The summed E-state index contributed by atoms with van der Waals surface area (Å²) < 4.78 is 0.909. The maximum absolute atomic E-state index is 12.1. The van der Waals surface area contributed by atoms with Crippen LogP contribution in [0.3, 0.4) is 0 Å². The van der Waals surface area contributed by atoms with E-state index in [1.807, 2.05) is 19.1 Å². The Morgan fingerprint density at radius 2 is 2.21 bits per heavy atom. The zero-order chi connectivity index (χ0) is 14.0. The molecule has 5 heteroatoms. The van der Waals surface area contributed by atoms with Crippen LogP contribution in [0, 0.1) is 12.8 Å². The van der Waals surface area contributed by atoms with Crippen molar-refractivity contribution in [1.82, 2.24) is 0 Å². The molecule has 5 N–H and O–H groups in total. The van der Waals surface area contributed by atoms with Crippen LogP contribution in [0.5, 0.6) is 0 Å². The Balaban J connectivity index is 2.03. The van der Waals surface area contributed by atoms with Crippen LogP contribution in [0.25, 0.3) is 0 Å². The molecule has 0 saturated heterocycles. The number of benzene rings is 1. The summed E-state index contributed by atoms with van der Waals surface area (Å²) in [6.45, 7) is 1.92. The van der Waals surface area contributed by atoms with Gasteiger partial charge in [0.15, 0.2) is 0 Å². The first-order chi connectivity index (χ1) is 8.97. The molecule has 1 aromatic rings. The average Bonchev–Trinajstić information content (AvgIpc) is 2.71. The highest BCUT2D eigenvalue weighted by atomic mass is 79.9. The van der Waals surface area contributed by atoms with Gasteiger partial charge in [-0.15, -0.1) is 0 Å². The van der Waals surface area contributed by atoms with Crippen LogP contribution < -0.4 is 16.8 Å². The van der Waals surface area contributed by atoms with Gasteiger partial charge in [-0.3, -0.25) is 4.79 Å². The number of hydrogen-bond acceptors (Lipinski definition) is 3. The van der Waals surface area contributed by atoms with E-state index in [0.717, 1.165) is 29.3 Å². The Labute approximate surface area is 122 Å². The van der Waals surface area contributed by atoms with E-state index in [0.29, 0.717) is 23.7 Å². The molecule has 0 aliphatic heterocycles. The molecule has 4 nitrogen and oxygen atoms in total. The Hall–Kier alpha value is -1.07. The van der Waals surface area contributed by atoms with E-state index in [2.05, 4.69) is 21.2 Å². The van der Waals surface area contributed by atoms with Gasteiger partial charge in [0.2, 0.25) is 5.91 Å². The summed E-state index contributed by atoms with van der Waals surface area (Å²) >= 11 is 3.41. The predicted octanol–water partition coefficient (Wildman–Crippen LogP) is 2.80. The largest absolute Gasteiger partial charge is 0.397 e. The minimum Gasteiger partial charge on any atom is -0.397 e. The Morgan fingerprint density at radius 1 is 1.47 bits per heavy atom. The molecule has 19 heavy (non-hydrogen) atoms. The van der Waals surface area contributed by atoms with Crippen molar-refractivity contribution < 1.29 is 4.79 Å². The fourth-order valence-electron chi connectivity index (χ4n) is 2.62. The third kappa shape index (κ3) is 3.48. The molecule has 0 spiro atoms. The number of carbonyl (C=O) groups excluding carboxylic acids is 1. The van der Waals surface area contributed by atoms with Gasteiger partial charge >= 0.3 is 0 Å². The highest BCUT2D eigenvalue weighted by molar-refractivity contribution is 9.10. The second kappa shape index (κ2) is 5.92. The molecule has 1 aromatic carbocycles. The van der Waals surface area contributed by atoms with Crippen molar-refractivity contribution in [2.45, 2.75) is 38.6 Å². The van der Waals surface area contributed by atoms with Gasteiger partial charge in [-0.25, -0.2) is 0 Å². The molecule has 1 saturated carbocycles. The SMILES string of the molecule is Cc1cc(Br)cc(NC(=O)C[C@@H]2CCC[C@H]2N)c1N. The van der Waals surface area contributed by atoms with Crippen molar-refractivity contribution in [3.8, 4) is 0 Å². The van der Waals surface area contributed by atoms with Gasteiger partial charge in [-0.2, -0.15) is 0 Å². The molecule has 2 atom stereocenters. The Morgan fingerprint density at radius 3 is 2.84 bits per heavy atom. The molecule has 1 aliphatic carbocycles. The summed E-state index contributed by atoms with van der Waals surface area (Å²) in [6.07, 6.45) is 3.67. The zero-order valence-electron chi connectivity index (χ0n) is 11.1. The summed E-state index contributed by atoms with van der Waals surface area (Å²) in [6, 6.07) is 3.92. The molecule has 0 bridgehead atoms. The Kier molecular flexibility index (Phi) is 4.47. The van der Waals surface area contributed by atoms with Crippen LogP contribution >= 0.6 is 15.9 Å². The van der Waals surface area contributed by atoms with Crippen LogP contribution in [-0.4, -0.2) is 11.9 Å². The fourth-order valence-corrected chi connectivity index (χ4v) is 3.19. The standard InChI is InChI=1S/C14H20BrN3O/c1-8-5-10(15)7-12(14(8)17)18-13(19)6-9-3-2-4-11(9)16/h5,7,9,11H,2-4,6,16-17H2,1H3,(H,18,19)/t9-,11+/m0/s1. The lowest BCUT2D eigenvalue weighted by Gasteiger charge is -2.16. The first kappa shape index (κ1) is 14.3. The number of carbonyl (C=O) groups is 1. The monoisotopic (exact) mass is 325 g/mol. The lowest BCUT2D eigenvalue weighted by atomic mass is 10.00. The molecule has 0 aromatic heterocycles. The second-order valence-electron chi connectivity index (χ2n) is 5.29. The first-order valence-corrected chi connectivity index (χ1v) is 7.37. The topological polar surface area (TPSA) is 81.1 Å². The van der Waals surface area contributed by atoms with Gasteiger partial charge in [0.25, 0.3) is 0 Å². The van der Waals surface area contributed by atoms with Crippen LogP contribution in [0.4, 0.5) is 11.4 Å². The minimum absolute atomic E-state index is 0.00782. The van der Waals surface area contributed by atoms with Crippen molar-refractivity contribution in [2.75, 3.05) is 11.1 Å². The highest BCUT2D eigenvalue weighted by Crippen LogP contribution is 2.30. The molecule has 0 heterocycles. The molecule has 0 radical (unpaired) electrons. The van der Waals surface area contributed by atoms with Crippen molar-refractivity contribution in [3.63, 3.8) is 0 Å². The quantitative estimate of drug-likeness (QED) is 0.747. The summed E-state index contributed by atoms with van der Waals surface area (Å²) in [5.41, 5.74) is 14.2. The van der Waals surface area contributed by atoms with Gasteiger partial charge in [0, 0.05) is 16.9 Å². The van der Waals surface area contributed by atoms with Crippen LogP contribution in [0.1, 0.15) is 31.2 Å². The molecule has 0 unspecified atom stereocenters. The third-order valence-electron chi connectivity index (χ3n) is 3.79. The maximum atomic E-state index is 12.1. The van der Waals surface area contributed by atoms with Crippen LogP contribution in [-0.2, 0) is 4.79 Å². The molecular weight excluding hydrogens is 306 g/mol. The zero-order valence-corrected chi connectivity index (χ0v) is 12.7. The molecule has 1 fully saturated rings. The second-order valence-corrected chi connectivity index (χ2v) is 6.21. The smallest absolute Gasteiger partial charge is 0.224 e. The van der Waals surface area contributed by atoms with Crippen LogP contribution in [0.2, 0.25) is 0 Å². The number of anilines is 2. The van der Waals surface area contributed by atoms with Crippen molar-refractivity contribution in [3.05, 3.63) is 22.2 Å². The highest BCUT2D eigenvalue weighted by Gasteiger charge is 2.26. The summed E-state index contributed by atoms with van der Waals surface area (Å²) in [4.78, 5) is 12.1. The van der Waals surface area contributed by atoms with Gasteiger partial charge in [0.1, 0.15) is 0 Å². The van der Waals surface area contributed by atoms with E-state index < -0.39 is 0 Å². The summed E-state index contributed by atoms with van der Waals surface area (Å²) in [5.74, 6) is 0.293. The lowest BCUT2D eigenvalue weighted by Crippen LogP contribution is -2.28. The number of amides is 1. The number of aryl methyl sites for hydroxylation is 1. The number of nitrogens with two attached hydrogens (primary N) is 2. The maximum Gasteiger partial charge on any atom is 0.224 e. The summed E-state index contributed by atoms with van der Waals surface area (Å²) in [5, 5.41) is 2.89. The van der Waals surface area contributed by atoms with E-state index in [1.165, 1.54) is 0 Å². The summed E-state index contributed by atoms with van der Waals surface area (Å²) in [7, 11) is 0. The first-order valence-electron chi connectivity index (χ1n) is 6.58. The minimum atomic E-state index is -0.00782. The number of nitrogens with one attached hydrogen (secondary N) is 1. The lowest BCUT2D eigenvalue weighted by molar-refractivity contribution is -0.117. The number of nitrogen functional groups attached to an aromatic ring is 1. The molecule has 104 valence electrons. The van der Waals surface area contributed by atoms with E-state index in [1.54, 1.807) is 0 Å². The van der Waals surface area contributed by atoms with E-state index in [-0.39, 0.29) is 11.9 Å². The van der Waals surface area contributed by atoms with Gasteiger partial charge in [-0.05, 0) is 43.4 Å². The van der Waals surface area contributed by atoms with Crippen LogP contribution in [0.15, 0.2) is 16.6 Å². The van der Waals surface area contributed by atoms with Gasteiger partial charge in [0.05, 0.1) is 11.4 Å². The van der Waals surface area contributed by atoms with Gasteiger partial charge < -0.3 is 16.8 Å². The number of hydrogen-bond donors (Lipinski definition) is 3. The van der Waals surface area contributed by atoms with E-state index >= 15 is 0 Å². The normalized spacial score (nSPS) is 22.5. The molecular formula is C14H20BrN3O. The predicted molar refractivity (Wildman–Crippen MR) is 81.9 cm³/mol. The number of halogens is 1. The van der Waals surface area contributed by atoms with Crippen molar-refractivity contribution >= 4 is 33.2 Å². The van der Waals surface area contributed by atoms with Crippen molar-refractivity contribution in [2.24, 2.45) is 11.7 Å². The molecule has 1 aliphatic rings. The molecule has 1 amide bonds. The van der Waals surface area contributed by atoms with E-state index in [4.69, 9.17) is 11.5 Å². The van der Waals surface area contributed by atoms with E-state index in [9.17, 15) is 4.79 Å². The Bertz CT molecular complexity index is 490. The average molecular weight is 326 g/mol. The third-order valence-corrected chi connectivity index (χ3v) is 4.25. The number of rotatable bonds is 3. The molecule has 2 rings (SSSR count).